The van der Waals surface area contributed by atoms with Crippen LogP contribution in [0.1, 0.15) is 18.0 Å². The van der Waals surface area contributed by atoms with Crippen LogP contribution in [0.3, 0.4) is 0 Å². The number of rotatable bonds is 2. The fourth-order valence-electron chi connectivity index (χ4n) is 1.43. The van der Waals surface area contributed by atoms with Crippen molar-refractivity contribution in [3.8, 4) is 0 Å². The van der Waals surface area contributed by atoms with Gasteiger partial charge in [0.15, 0.2) is 0 Å². The Hall–Kier alpha value is -1.03. The summed E-state index contributed by atoms with van der Waals surface area (Å²) in [7, 11) is 3.58. The van der Waals surface area contributed by atoms with Crippen molar-refractivity contribution in [1.29, 1.82) is 0 Å². The van der Waals surface area contributed by atoms with Gasteiger partial charge in [0.2, 0.25) is 0 Å². The first kappa shape index (κ1) is 7.61. The number of hydrogen-bond donors (Lipinski definition) is 1. The minimum Gasteiger partial charge on any atom is -0.384 e. The molecule has 1 aromatic heterocycles. The first-order chi connectivity index (χ1) is 5.72. The smallest absolute Gasteiger partial charge is 0.121 e. The molecule has 0 bridgehead atoms. The monoisotopic (exact) mass is 167 g/mol. The minimum absolute atomic E-state index is 0.360. The Bertz CT molecular complexity index is 275. The molecule has 1 aromatic rings. The van der Waals surface area contributed by atoms with E-state index >= 15 is 0 Å². The third kappa shape index (κ3) is 1.08. The summed E-state index contributed by atoms with van der Waals surface area (Å²) in [4.78, 5) is 0. The van der Waals surface area contributed by atoms with Gasteiger partial charge in [-0.2, -0.15) is 5.10 Å². The van der Waals surface area contributed by atoms with E-state index in [9.17, 15) is 0 Å². The van der Waals surface area contributed by atoms with E-state index in [4.69, 9.17) is 10.5 Å². The molecule has 1 fully saturated rings. The SMILES string of the molecule is COC1CC1c1cc(N)n(C)n1. The Balaban J connectivity index is 2.15. The molecule has 2 unspecified atom stereocenters. The van der Waals surface area contributed by atoms with Crippen LogP contribution in [0.2, 0.25) is 0 Å². The lowest BCUT2D eigenvalue weighted by Crippen LogP contribution is -1.97. The highest BCUT2D eigenvalue weighted by molar-refractivity contribution is 5.34. The molecule has 0 radical (unpaired) electrons. The van der Waals surface area contributed by atoms with Crippen molar-refractivity contribution in [3.05, 3.63) is 11.8 Å². The maximum atomic E-state index is 5.65. The van der Waals surface area contributed by atoms with Crippen molar-refractivity contribution < 1.29 is 4.74 Å². The van der Waals surface area contributed by atoms with E-state index < -0.39 is 0 Å². The van der Waals surface area contributed by atoms with E-state index in [0.717, 1.165) is 12.1 Å². The predicted octanol–water partition coefficient (Wildman–Crippen LogP) is 0.505. The van der Waals surface area contributed by atoms with Crippen molar-refractivity contribution in [1.82, 2.24) is 9.78 Å². The van der Waals surface area contributed by atoms with Crippen LogP contribution in [0.15, 0.2) is 6.07 Å². The number of methoxy groups -OCH3 is 1. The molecule has 0 spiro atoms. The van der Waals surface area contributed by atoms with Gasteiger partial charge in [-0.05, 0) is 6.42 Å². The van der Waals surface area contributed by atoms with Crippen molar-refractivity contribution in [2.45, 2.75) is 18.4 Å². The highest BCUT2D eigenvalue weighted by Crippen LogP contribution is 2.42. The van der Waals surface area contributed by atoms with Crippen LogP contribution in [0.5, 0.6) is 0 Å². The molecular formula is C8H13N3O. The number of anilines is 1. The molecule has 66 valence electrons. The third-order valence-electron chi connectivity index (χ3n) is 2.35. The molecule has 12 heavy (non-hydrogen) atoms. The average Bonchev–Trinajstić information content (AvgIpc) is 2.75. The van der Waals surface area contributed by atoms with Crippen LogP contribution in [0, 0.1) is 0 Å². The van der Waals surface area contributed by atoms with Gasteiger partial charge in [-0.1, -0.05) is 0 Å². The second-order valence-electron chi connectivity index (χ2n) is 3.23. The Morgan fingerprint density at radius 3 is 2.92 bits per heavy atom. The van der Waals surface area contributed by atoms with Gasteiger partial charge in [0.25, 0.3) is 0 Å². The number of nitrogens with two attached hydrogens (primary N) is 1. The van der Waals surface area contributed by atoms with E-state index in [1.807, 2.05) is 13.1 Å². The van der Waals surface area contributed by atoms with Crippen molar-refractivity contribution in [3.63, 3.8) is 0 Å². The molecule has 1 aliphatic rings. The summed E-state index contributed by atoms with van der Waals surface area (Å²) < 4.78 is 6.88. The van der Waals surface area contributed by atoms with Crippen LogP contribution in [0.4, 0.5) is 5.82 Å². The molecule has 1 saturated carbocycles. The number of aromatic nitrogens is 2. The topological polar surface area (TPSA) is 53.1 Å². The molecule has 0 aliphatic heterocycles. The maximum absolute atomic E-state index is 5.65. The quantitative estimate of drug-likeness (QED) is 0.698. The van der Waals surface area contributed by atoms with Crippen LogP contribution in [0.25, 0.3) is 0 Å². The van der Waals surface area contributed by atoms with Crippen LogP contribution >= 0.6 is 0 Å². The lowest BCUT2D eigenvalue weighted by molar-refractivity contribution is 0.177. The summed E-state index contributed by atoms with van der Waals surface area (Å²) >= 11 is 0. The molecule has 2 atom stereocenters. The van der Waals surface area contributed by atoms with Crippen LogP contribution in [-0.4, -0.2) is 23.0 Å². The van der Waals surface area contributed by atoms with Gasteiger partial charge in [-0.25, -0.2) is 0 Å². The van der Waals surface area contributed by atoms with Gasteiger partial charge in [0.05, 0.1) is 11.8 Å². The molecule has 1 heterocycles. The fourth-order valence-corrected chi connectivity index (χ4v) is 1.43. The highest BCUT2D eigenvalue weighted by Gasteiger charge is 2.40. The molecule has 4 heteroatoms. The predicted molar refractivity (Wildman–Crippen MR) is 45.8 cm³/mol. The summed E-state index contributed by atoms with van der Waals surface area (Å²) in [5.74, 6) is 1.19. The standard InChI is InChI=1S/C8H13N3O/c1-11-8(9)4-6(10-11)5-3-7(5)12-2/h4-5,7H,3,9H2,1-2H3. The normalized spacial score (nSPS) is 27.5. The number of nitrogen functional groups attached to an aromatic ring is 1. The Kier molecular flexibility index (Phi) is 1.58. The molecular weight excluding hydrogens is 154 g/mol. The zero-order valence-corrected chi connectivity index (χ0v) is 7.32. The maximum Gasteiger partial charge on any atom is 0.121 e. The van der Waals surface area contributed by atoms with E-state index in [-0.39, 0.29) is 0 Å². The lowest BCUT2D eigenvalue weighted by atomic mass is 10.3. The van der Waals surface area contributed by atoms with E-state index in [1.54, 1.807) is 11.8 Å². The van der Waals surface area contributed by atoms with Crippen molar-refractivity contribution >= 4 is 5.82 Å². The molecule has 4 nitrogen and oxygen atoms in total. The summed E-state index contributed by atoms with van der Waals surface area (Å²) in [6.07, 6.45) is 1.44. The number of hydrogen-bond acceptors (Lipinski definition) is 3. The lowest BCUT2D eigenvalue weighted by Gasteiger charge is -1.92. The first-order valence-electron chi connectivity index (χ1n) is 4.04. The molecule has 2 rings (SSSR count). The van der Waals surface area contributed by atoms with E-state index in [0.29, 0.717) is 17.8 Å². The summed E-state index contributed by atoms with van der Waals surface area (Å²) in [6, 6.07) is 1.92. The fraction of sp³-hybridized carbons (Fsp3) is 0.625. The van der Waals surface area contributed by atoms with Gasteiger partial charge in [0.1, 0.15) is 5.82 Å². The Morgan fingerprint density at radius 1 is 1.75 bits per heavy atom. The molecule has 1 aliphatic carbocycles. The molecule has 2 N–H and O–H groups in total. The van der Waals surface area contributed by atoms with E-state index in [2.05, 4.69) is 5.10 Å². The zero-order chi connectivity index (χ0) is 8.72. The van der Waals surface area contributed by atoms with Gasteiger partial charge >= 0.3 is 0 Å². The zero-order valence-electron chi connectivity index (χ0n) is 7.32. The molecule has 0 aromatic carbocycles. The van der Waals surface area contributed by atoms with E-state index in [1.165, 1.54) is 0 Å². The van der Waals surface area contributed by atoms with Gasteiger partial charge in [-0.3, -0.25) is 4.68 Å². The third-order valence-corrected chi connectivity index (χ3v) is 2.35. The van der Waals surface area contributed by atoms with Gasteiger partial charge in [0, 0.05) is 26.1 Å². The van der Waals surface area contributed by atoms with Gasteiger partial charge in [-0.15, -0.1) is 0 Å². The van der Waals surface area contributed by atoms with Crippen LogP contribution < -0.4 is 5.73 Å². The molecule has 0 saturated heterocycles. The summed E-state index contributed by atoms with van der Waals surface area (Å²) in [5, 5.41) is 4.28. The minimum atomic E-state index is 0.360. The summed E-state index contributed by atoms with van der Waals surface area (Å²) in [6.45, 7) is 0. The van der Waals surface area contributed by atoms with Crippen LogP contribution in [-0.2, 0) is 11.8 Å². The average molecular weight is 167 g/mol. The number of aryl methyl sites for hydroxylation is 1. The highest BCUT2D eigenvalue weighted by atomic mass is 16.5. The number of ether oxygens (including phenoxy) is 1. The first-order valence-corrected chi connectivity index (χ1v) is 4.04. The molecule has 0 amide bonds. The van der Waals surface area contributed by atoms with Crippen molar-refractivity contribution in [2.24, 2.45) is 7.05 Å². The van der Waals surface area contributed by atoms with Crippen molar-refractivity contribution in [2.75, 3.05) is 12.8 Å². The second kappa shape index (κ2) is 2.48. The second-order valence-corrected chi connectivity index (χ2v) is 3.23. The number of nitrogens with zero attached hydrogens (tertiary/aromatic N) is 2. The largest absolute Gasteiger partial charge is 0.384 e. The summed E-state index contributed by atoms with van der Waals surface area (Å²) in [5.41, 5.74) is 6.71. The Labute approximate surface area is 71.3 Å². The van der Waals surface area contributed by atoms with Gasteiger partial charge < -0.3 is 10.5 Å². The Morgan fingerprint density at radius 2 is 2.50 bits per heavy atom.